The highest BCUT2D eigenvalue weighted by molar-refractivity contribution is 7.17. The SMILES string of the molecule is O=C1N(CCN2Cc3ccccc3C2)CCN1c1csc2ccccc12. The molecule has 0 N–H and O–H groups in total. The maximum absolute atomic E-state index is 12.9. The van der Waals surface area contributed by atoms with E-state index in [1.54, 1.807) is 11.3 Å². The standard InChI is InChI=1S/C21H21N3OS/c25-21-23(10-9-22-13-16-5-1-2-6-17(16)14-22)11-12-24(21)19-15-26-20-8-4-3-7-18(19)20/h1-8,15H,9-14H2. The third-order valence-electron chi connectivity index (χ3n) is 5.44. The second-order valence-corrected chi connectivity index (χ2v) is 7.93. The molecule has 1 aromatic heterocycles. The highest BCUT2D eigenvalue weighted by atomic mass is 32.1. The van der Waals surface area contributed by atoms with Crippen molar-refractivity contribution in [2.45, 2.75) is 13.1 Å². The van der Waals surface area contributed by atoms with Crippen LogP contribution >= 0.6 is 11.3 Å². The van der Waals surface area contributed by atoms with Crippen molar-refractivity contribution in [3.05, 3.63) is 65.0 Å². The molecule has 3 heterocycles. The van der Waals surface area contributed by atoms with Gasteiger partial charge in [0.25, 0.3) is 0 Å². The number of benzene rings is 2. The van der Waals surface area contributed by atoms with Crippen molar-refractivity contribution in [3.63, 3.8) is 0 Å². The Kier molecular flexibility index (Phi) is 3.91. The molecule has 5 heteroatoms. The summed E-state index contributed by atoms with van der Waals surface area (Å²) in [5, 5.41) is 3.30. The van der Waals surface area contributed by atoms with Crippen molar-refractivity contribution in [2.75, 3.05) is 31.1 Å². The summed E-state index contributed by atoms with van der Waals surface area (Å²) >= 11 is 1.71. The van der Waals surface area contributed by atoms with Crippen LogP contribution in [0.5, 0.6) is 0 Å². The van der Waals surface area contributed by atoms with Crippen LogP contribution < -0.4 is 4.90 Å². The molecule has 0 spiro atoms. The van der Waals surface area contributed by atoms with Gasteiger partial charge in [0.15, 0.2) is 0 Å². The molecule has 3 aromatic rings. The Hall–Kier alpha value is -2.37. The average Bonchev–Trinajstić information content (AvgIpc) is 3.36. The molecule has 1 saturated heterocycles. The summed E-state index contributed by atoms with van der Waals surface area (Å²) in [5.74, 6) is 0. The number of urea groups is 1. The fourth-order valence-electron chi connectivity index (χ4n) is 4.01. The molecule has 0 radical (unpaired) electrons. The maximum Gasteiger partial charge on any atom is 0.324 e. The predicted molar refractivity (Wildman–Crippen MR) is 107 cm³/mol. The molecule has 5 rings (SSSR count). The summed E-state index contributed by atoms with van der Waals surface area (Å²) in [6.07, 6.45) is 0. The summed E-state index contributed by atoms with van der Waals surface area (Å²) in [4.78, 5) is 19.3. The second kappa shape index (κ2) is 6.41. The minimum absolute atomic E-state index is 0.144. The molecule has 26 heavy (non-hydrogen) atoms. The zero-order valence-electron chi connectivity index (χ0n) is 14.6. The molecule has 0 aliphatic carbocycles. The molecule has 2 aromatic carbocycles. The molecule has 0 atom stereocenters. The summed E-state index contributed by atoms with van der Waals surface area (Å²) in [6.45, 7) is 5.31. The smallest absolute Gasteiger partial charge is 0.321 e. The third kappa shape index (κ3) is 2.68. The summed E-state index contributed by atoms with van der Waals surface area (Å²) < 4.78 is 1.24. The number of carbonyl (C=O) groups excluding carboxylic acids is 1. The first-order valence-electron chi connectivity index (χ1n) is 9.11. The van der Waals surface area contributed by atoms with Crippen molar-refractivity contribution in [2.24, 2.45) is 0 Å². The van der Waals surface area contributed by atoms with Crippen molar-refractivity contribution in [1.82, 2.24) is 9.80 Å². The Balaban J connectivity index is 1.25. The van der Waals surface area contributed by atoms with Gasteiger partial charge in [-0.2, -0.15) is 0 Å². The first kappa shape index (κ1) is 15.9. The van der Waals surface area contributed by atoms with Gasteiger partial charge in [0.05, 0.1) is 5.69 Å². The fourth-order valence-corrected chi connectivity index (χ4v) is 4.96. The van der Waals surface area contributed by atoms with Crippen LogP contribution in [0, 0.1) is 0 Å². The lowest BCUT2D eigenvalue weighted by Crippen LogP contribution is -2.36. The number of carbonyl (C=O) groups is 1. The largest absolute Gasteiger partial charge is 0.324 e. The highest BCUT2D eigenvalue weighted by Gasteiger charge is 2.31. The minimum Gasteiger partial charge on any atom is -0.321 e. The van der Waals surface area contributed by atoms with E-state index in [2.05, 4.69) is 52.7 Å². The number of rotatable bonds is 4. The van der Waals surface area contributed by atoms with E-state index in [4.69, 9.17) is 0 Å². The molecule has 132 valence electrons. The normalized spacial score (nSPS) is 17.5. The van der Waals surface area contributed by atoms with Gasteiger partial charge >= 0.3 is 6.03 Å². The summed E-state index contributed by atoms with van der Waals surface area (Å²) in [7, 11) is 0. The van der Waals surface area contributed by atoms with Crippen LogP contribution in [-0.2, 0) is 13.1 Å². The molecule has 2 aliphatic heterocycles. The lowest BCUT2D eigenvalue weighted by molar-refractivity contribution is 0.204. The number of hydrogen-bond donors (Lipinski definition) is 0. The Morgan fingerprint density at radius 3 is 2.42 bits per heavy atom. The van der Waals surface area contributed by atoms with E-state index in [1.165, 1.54) is 21.2 Å². The van der Waals surface area contributed by atoms with Gasteiger partial charge in [0, 0.05) is 54.7 Å². The Labute approximate surface area is 157 Å². The van der Waals surface area contributed by atoms with Crippen molar-refractivity contribution >= 4 is 33.1 Å². The molecular weight excluding hydrogens is 342 g/mol. The van der Waals surface area contributed by atoms with E-state index in [1.807, 2.05) is 15.9 Å². The number of hydrogen-bond acceptors (Lipinski definition) is 3. The monoisotopic (exact) mass is 363 g/mol. The lowest BCUT2D eigenvalue weighted by atomic mass is 10.1. The molecule has 0 saturated carbocycles. The predicted octanol–water partition coefficient (Wildman–Crippen LogP) is 4.16. The fraction of sp³-hybridized carbons (Fsp3) is 0.286. The van der Waals surface area contributed by atoms with Crippen LogP contribution in [-0.4, -0.2) is 42.0 Å². The summed E-state index contributed by atoms with van der Waals surface area (Å²) in [6, 6.07) is 17.1. The molecule has 1 fully saturated rings. The van der Waals surface area contributed by atoms with E-state index < -0.39 is 0 Å². The lowest BCUT2D eigenvalue weighted by Gasteiger charge is -2.21. The van der Waals surface area contributed by atoms with Gasteiger partial charge in [-0.3, -0.25) is 9.80 Å². The maximum atomic E-state index is 12.9. The summed E-state index contributed by atoms with van der Waals surface area (Å²) in [5.41, 5.74) is 3.91. The van der Waals surface area contributed by atoms with Gasteiger partial charge in [0.2, 0.25) is 0 Å². The number of thiophene rings is 1. The van der Waals surface area contributed by atoms with Crippen LogP contribution in [0.4, 0.5) is 10.5 Å². The first-order valence-corrected chi connectivity index (χ1v) is 9.99. The van der Waals surface area contributed by atoms with Crippen molar-refractivity contribution < 1.29 is 4.79 Å². The number of fused-ring (bicyclic) bond motifs is 2. The zero-order valence-corrected chi connectivity index (χ0v) is 15.4. The average molecular weight is 363 g/mol. The van der Waals surface area contributed by atoms with Crippen molar-refractivity contribution in [1.29, 1.82) is 0 Å². The molecule has 2 amide bonds. The zero-order chi connectivity index (χ0) is 17.5. The number of amides is 2. The first-order chi connectivity index (χ1) is 12.8. The van der Waals surface area contributed by atoms with Gasteiger partial charge in [-0.25, -0.2) is 4.79 Å². The van der Waals surface area contributed by atoms with Crippen LogP contribution in [0.2, 0.25) is 0 Å². The van der Waals surface area contributed by atoms with Gasteiger partial charge < -0.3 is 4.90 Å². The van der Waals surface area contributed by atoms with Crippen LogP contribution in [0.1, 0.15) is 11.1 Å². The van der Waals surface area contributed by atoms with E-state index in [0.717, 1.165) is 45.0 Å². The molecule has 4 nitrogen and oxygen atoms in total. The number of anilines is 1. The third-order valence-corrected chi connectivity index (χ3v) is 6.39. The van der Waals surface area contributed by atoms with Gasteiger partial charge in [-0.1, -0.05) is 42.5 Å². The Morgan fingerprint density at radius 2 is 1.62 bits per heavy atom. The van der Waals surface area contributed by atoms with E-state index in [9.17, 15) is 4.79 Å². The highest BCUT2D eigenvalue weighted by Crippen LogP contribution is 2.34. The van der Waals surface area contributed by atoms with Gasteiger partial charge in [0.1, 0.15) is 0 Å². The second-order valence-electron chi connectivity index (χ2n) is 7.02. The topological polar surface area (TPSA) is 26.8 Å². The van der Waals surface area contributed by atoms with E-state index in [0.29, 0.717) is 0 Å². The Morgan fingerprint density at radius 1 is 0.885 bits per heavy atom. The van der Waals surface area contributed by atoms with E-state index >= 15 is 0 Å². The molecule has 0 unspecified atom stereocenters. The quantitative estimate of drug-likeness (QED) is 0.696. The number of nitrogens with zero attached hydrogens (tertiary/aromatic N) is 3. The van der Waals surface area contributed by atoms with Crippen molar-refractivity contribution in [3.8, 4) is 0 Å². The van der Waals surface area contributed by atoms with Gasteiger partial charge in [-0.05, 0) is 17.2 Å². The van der Waals surface area contributed by atoms with Crippen LogP contribution in [0.25, 0.3) is 10.1 Å². The van der Waals surface area contributed by atoms with Gasteiger partial charge in [-0.15, -0.1) is 11.3 Å². The Bertz CT molecular complexity index is 942. The molecular formula is C21H21N3OS. The van der Waals surface area contributed by atoms with Crippen LogP contribution in [0.15, 0.2) is 53.9 Å². The molecule has 0 bridgehead atoms. The van der Waals surface area contributed by atoms with Crippen LogP contribution in [0.3, 0.4) is 0 Å². The molecule has 2 aliphatic rings. The van der Waals surface area contributed by atoms with E-state index in [-0.39, 0.29) is 6.03 Å². The minimum atomic E-state index is 0.144.